The van der Waals surface area contributed by atoms with E-state index in [1.54, 1.807) is 6.92 Å². The number of carbonyl (C=O) groups excluding carboxylic acids is 1. The molecule has 0 aliphatic heterocycles. The average molecular weight is 249 g/mol. The monoisotopic (exact) mass is 249 g/mol. The lowest BCUT2D eigenvalue weighted by atomic mass is 10.2. The number of carboxylic acid groups (broad SMARTS) is 1. The van der Waals surface area contributed by atoms with E-state index in [0.29, 0.717) is 0 Å². The lowest BCUT2D eigenvalue weighted by Gasteiger charge is -2.25. The lowest BCUT2D eigenvalue weighted by Crippen LogP contribution is -2.45. The van der Waals surface area contributed by atoms with Gasteiger partial charge in [0.1, 0.15) is 11.7 Å². The van der Waals surface area contributed by atoms with Gasteiger partial charge in [0.05, 0.1) is 11.9 Å². The first-order chi connectivity index (χ1) is 8.50. The molecule has 0 radical (unpaired) electrons. The van der Waals surface area contributed by atoms with E-state index >= 15 is 0 Å². The van der Waals surface area contributed by atoms with E-state index in [1.807, 2.05) is 0 Å². The van der Waals surface area contributed by atoms with E-state index in [1.165, 1.54) is 24.2 Å². The Bertz CT molecular complexity index is 468. The van der Waals surface area contributed by atoms with Crippen molar-refractivity contribution in [3.05, 3.63) is 23.8 Å². The van der Waals surface area contributed by atoms with Gasteiger partial charge in [0.25, 0.3) is 5.91 Å². The number of rotatable bonds is 4. The molecule has 1 atom stereocenters. The fraction of sp³-hybridized carbons (Fsp3) is 0.500. The predicted octanol–water partition coefficient (Wildman–Crippen LogP) is 0.863. The second-order valence-electron chi connectivity index (χ2n) is 4.50. The Hall–Kier alpha value is -1.98. The van der Waals surface area contributed by atoms with Gasteiger partial charge in [0, 0.05) is 12.2 Å². The third kappa shape index (κ3) is 2.47. The molecule has 96 valence electrons. The summed E-state index contributed by atoms with van der Waals surface area (Å²) in [5.74, 6) is -1.37. The van der Waals surface area contributed by atoms with Crippen LogP contribution in [0.2, 0.25) is 0 Å². The molecule has 1 aromatic rings. The number of amides is 1. The van der Waals surface area contributed by atoms with Crippen LogP contribution in [0, 0.1) is 6.92 Å². The molecular formula is C12H15N3O3. The van der Waals surface area contributed by atoms with Crippen molar-refractivity contribution in [1.29, 1.82) is 0 Å². The van der Waals surface area contributed by atoms with Crippen LogP contribution >= 0.6 is 0 Å². The van der Waals surface area contributed by atoms with Gasteiger partial charge in [-0.05, 0) is 26.7 Å². The van der Waals surface area contributed by atoms with E-state index < -0.39 is 12.0 Å². The molecule has 0 spiro atoms. The van der Waals surface area contributed by atoms with E-state index in [-0.39, 0.29) is 17.6 Å². The van der Waals surface area contributed by atoms with Crippen molar-refractivity contribution in [2.24, 2.45) is 0 Å². The molecule has 18 heavy (non-hydrogen) atoms. The number of aryl methyl sites for hydroxylation is 1. The summed E-state index contributed by atoms with van der Waals surface area (Å²) in [5.41, 5.74) is 0.913. The number of hydrogen-bond acceptors (Lipinski definition) is 4. The summed E-state index contributed by atoms with van der Waals surface area (Å²) in [7, 11) is 0. The topological polar surface area (TPSA) is 83.4 Å². The van der Waals surface area contributed by atoms with Gasteiger partial charge in [0.15, 0.2) is 0 Å². The van der Waals surface area contributed by atoms with Crippen LogP contribution in [0.15, 0.2) is 12.4 Å². The number of aliphatic carboxylic acids is 1. The summed E-state index contributed by atoms with van der Waals surface area (Å²) in [6.45, 7) is 3.29. The first kappa shape index (κ1) is 12.5. The summed E-state index contributed by atoms with van der Waals surface area (Å²) in [4.78, 5) is 32.7. The fourth-order valence-electron chi connectivity index (χ4n) is 1.76. The lowest BCUT2D eigenvalue weighted by molar-refractivity contribution is -0.141. The highest BCUT2D eigenvalue weighted by molar-refractivity contribution is 5.95. The van der Waals surface area contributed by atoms with Crippen LogP contribution in [0.1, 0.15) is 35.9 Å². The highest BCUT2D eigenvalue weighted by Crippen LogP contribution is 2.29. The molecule has 1 amide bonds. The number of carbonyl (C=O) groups is 2. The Morgan fingerprint density at radius 1 is 1.39 bits per heavy atom. The second kappa shape index (κ2) is 4.72. The standard InChI is InChI=1S/C12H15N3O3/c1-7-5-14-10(6-13-7)11(16)15(9-3-4-9)8(2)12(17)18/h5-6,8-9H,3-4H2,1-2H3,(H,17,18). The van der Waals surface area contributed by atoms with Crippen molar-refractivity contribution in [1.82, 2.24) is 14.9 Å². The largest absolute Gasteiger partial charge is 0.480 e. The summed E-state index contributed by atoms with van der Waals surface area (Å²) < 4.78 is 0. The van der Waals surface area contributed by atoms with Crippen molar-refractivity contribution in [2.45, 2.75) is 38.8 Å². The van der Waals surface area contributed by atoms with Gasteiger partial charge in [-0.15, -0.1) is 0 Å². The zero-order valence-corrected chi connectivity index (χ0v) is 10.3. The van der Waals surface area contributed by atoms with Gasteiger partial charge in [-0.3, -0.25) is 9.78 Å². The molecule has 6 heteroatoms. The number of hydrogen-bond donors (Lipinski definition) is 1. The Balaban J connectivity index is 2.23. The fourth-order valence-corrected chi connectivity index (χ4v) is 1.76. The Morgan fingerprint density at radius 2 is 2.06 bits per heavy atom. The molecule has 1 aliphatic carbocycles. The Labute approximate surface area is 105 Å². The van der Waals surface area contributed by atoms with Crippen LogP contribution in [0.3, 0.4) is 0 Å². The van der Waals surface area contributed by atoms with Gasteiger partial charge < -0.3 is 10.0 Å². The molecular weight excluding hydrogens is 234 g/mol. The van der Waals surface area contributed by atoms with Crippen molar-refractivity contribution in [3.63, 3.8) is 0 Å². The van der Waals surface area contributed by atoms with E-state index in [4.69, 9.17) is 5.11 Å². The molecule has 1 aromatic heterocycles. The molecule has 1 aliphatic rings. The van der Waals surface area contributed by atoms with E-state index in [0.717, 1.165) is 18.5 Å². The Kier molecular flexibility index (Phi) is 3.27. The normalized spacial score (nSPS) is 16.1. The van der Waals surface area contributed by atoms with Gasteiger partial charge in [-0.25, -0.2) is 9.78 Å². The number of carboxylic acids is 1. The highest BCUT2D eigenvalue weighted by atomic mass is 16.4. The van der Waals surface area contributed by atoms with Gasteiger partial charge in [-0.1, -0.05) is 0 Å². The number of nitrogens with zero attached hydrogens (tertiary/aromatic N) is 3. The molecule has 1 saturated carbocycles. The van der Waals surface area contributed by atoms with E-state index in [9.17, 15) is 9.59 Å². The molecule has 1 heterocycles. The summed E-state index contributed by atoms with van der Waals surface area (Å²) in [5, 5.41) is 9.04. The average Bonchev–Trinajstić information content (AvgIpc) is 3.14. The van der Waals surface area contributed by atoms with Crippen LogP contribution < -0.4 is 0 Å². The minimum absolute atomic E-state index is 0.0201. The molecule has 0 bridgehead atoms. The SMILES string of the molecule is Cc1cnc(C(=O)N(C2CC2)C(C)C(=O)O)cn1. The molecule has 1 unspecified atom stereocenters. The smallest absolute Gasteiger partial charge is 0.326 e. The quantitative estimate of drug-likeness (QED) is 0.855. The molecule has 0 saturated heterocycles. The van der Waals surface area contributed by atoms with E-state index in [2.05, 4.69) is 9.97 Å². The van der Waals surface area contributed by atoms with Crippen LogP contribution in [-0.4, -0.2) is 43.9 Å². The van der Waals surface area contributed by atoms with Crippen molar-refractivity contribution in [2.75, 3.05) is 0 Å². The van der Waals surface area contributed by atoms with Crippen LogP contribution in [0.5, 0.6) is 0 Å². The van der Waals surface area contributed by atoms with Crippen molar-refractivity contribution in [3.8, 4) is 0 Å². The predicted molar refractivity (Wildman–Crippen MR) is 63.1 cm³/mol. The molecule has 0 aromatic carbocycles. The Morgan fingerprint density at radius 3 is 2.50 bits per heavy atom. The minimum atomic E-state index is -1.00. The highest BCUT2D eigenvalue weighted by Gasteiger charge is 2.39. The zero-order chi connectivity index (χ0) is 13.3. The summed E-state index contributed by atoms with van der Waals surface area (Å²) in [6, 6.07) is -0.820. The maximum Gasteiger partial charge on any atom is 0.326 e. The first-order valence-electron chi connectivity index (χ1n) is 5.85. The van der Waals surface area contributed by atoms with Gasteiger partial charge in [-0.2, -0.15) is 0 Å². The van der Waals surface area contributed by atoms with Crippen molar-refractivity contribution >= 4 is 11.9 Å². The molecule has 1 fully saturated rings. The molecule has 6 nitrogen and oxygen atoms in total. The third-order valence-corrected chi connectivity index (χ3v) is 2.95. The second-order valence-corrected chi connectivity index (χ2v) is 4.50. The maximum atomic E-state index is 12.2. The molecule has 1 N–H and O–H groups in total. The van der Waals surface area contributed by atoms with Crippen LogP contribution in [0.25, 0.3) is 0 Å². The zero-order valence-electron chi connectivity index (χ0n) is 10.3. The van der Waals surface area contributed by atoms with Crippen LogP contribution in [0.4, 0.5) is 0 Å². The first-order valence-corrected chi connectivity index (χ1v) is 5.85. The number of aromatic nitrogens is 2. The van der Waals surface area contributed by atoms with Gasteiger partial charge >= 0.3 is 5.97 Å². The van der Waals surface area contributed by atoms with Gasteiger partial charge in [0.2, 0.25) is 0 Å². The maximum absolute atomic E-state index is 12.2. The van der Waals surface area contributed by atoms with Crippen molar-refractivity contribution < 1.29 is 14.7 Å². The summed E-state index contributed by atoms with van der Waals surface area (Å²) >= 11 is 0. The van der Waals surface area contributed by atoms with Crippen LogP contribution in [-0.2, 0) is 4.79 Å². The third-order valence-electron chi connectivity index (χ3n) is 2.95. The molecule has 2 rings (SSSR count). The minimum Gasteiger partial charge on any atom is -0.480 e. The summed E-state index contributed by atoms with van der Waals surface area (Å²) in [6.07, 6.45) is 4.59.